The lowest BCUT2D eigenvalue weighted by Gasteiger charge is -2.20. The molecule has 0 aromatic heterocycles. The first-order valence-electron chi connectivity index (χ1n) is 11.2. The zero-order chi connectivity index (χ0) is 24.9. The van der Waals surface area contributed by atoms with Crippen LogP contribution in [-0.2, 0) is 9.53 Å². The third kappa shape index (κ3) is 5.17. The van der Waals surface area contributed by atoms with Crippen molar-refractivity contribution in [3.8, 4) is 11.1 Å². The highest BCUT2D eigenvalue weighted by molar-refractivity contribution is 5.98. The molecule has 2 amide bonds. The number of carbonyl (C=O) groups is 3. The number of aliphatic hydroxyl groups is 1. The van der Waals surface area contributed by atoms with Gasteiger partial charge in [0.15, 0.2) is 0 Å². The van der Waals surface area contributed by atoms with Crippen molar-refractivity contribution in [3.05, 3.63) is 89.0 Å². The number of rotatable bonds is 8. The molecule has 4 rings (SSSR count). The first kappa shape index (κ1) is 24.0. The topological polar surface area (TPSA) is 116 Å². The molecule has 0 spiro atoms. The van der Waals surface area contributed by atoms with E-state index in [1.807, 2.05) is 36.4 Å². The number of ether oxygens (including phenoxy) is 1. The number of nitrogens with zero attached hydrogens (tertiary/aromatic N) is 1. The number of aliphatic hydroxyl groups excluding tert-OH is 1. The molecular formula is C27H26N2O6. The van der Waals surface area contributed by atoms with Crippen molar-refractivity contribution in [3.63, 3.8) is 0 Å². The van der Waals surface area contributed by atoms with Gasteiger partial charge in [0, 0.05) is 23.7 Å². The number of carboxylic acids is 1. The van der Waals surface area contributed by atoms with Crippen LogP contribution in [0.5, 0.6) is 0 Å². The Kier molecular flexibility index (Phi) is 7.12. The largest absolute Gasteiger partial charge is 0.480 e. The minimum atomic E-state index is -1.18. The van der Waals surface area contributed by atoms with Gasteiger partial charge in [-0.1, -0.05) is 54.6 Å². The highest BCUT2D eigenvalue weighted by atomic mass is 16.5. The average molecular weight is 475 g/mol. The molecule has 8 heteroatoms. The van der Waals surface area contributed by atoms with Crippen molar-refractivity contribution >= 4 is 23.7 Å². The van der Waals surface area contributed by atoms with E-state index in [2.05, 4.69) is 17.4 Å². The third-order valence-corrected chi connectivity index (χ3v) is 6.05. The van der Waals surface area contributed by atoms with Crippen molar-refractivity contribution in [2.24, 2.45) is 0 Å². The van der Waals surface area contributed by atoms with Crippen LogP contribution < -0.4 is 5.32 Å². The summed E-state index contributed by atoms with van der Waals surface area (Å²) in [5.41, 5.74) is 5.76. The summed E-state index contributed by atoms with van der Waals surface area (Å²) in [7, 11) is 0. The summed E-state index contributed by atoms with van der Waals surface area (Å²) in [6.45, 7) is 0.906. The second-order valence-corrected chi connectivity index (χ2v) is 8.32. The molecule has 8 nitrogen and oxygen atoms in total. The lowest BCUT2D eigenvalue weighted by Crippen LogP contribution is -2.37. The van der Waals surface area contributed by atoms with Crippen molar-refractivity contribution in [1.82, 2.24) is 4.90 Å². The Balaban J connectivity index is 1.46. The van der Waals surface area contributed by atoms with Crippen LogP contribution in [0.4, 0.5) is 10.5 Å². The Bertz CT molecular complexity index is 1230. The lowest BCUT2D eigenvalue weighted by atomic mass is 9.98. The van der Waals surface area contributed by atoms with Crippen LogP contribution in [0.25, 0.3) is 11.1 Å². The molecule has 3 aromatic carbocycles. The molecule has 3 aromatic rings. The highest BCUT2D eigenvalue weighted by Gasteiger charge is 2.29. The van der Waals surface area contributed by atoms with Crippen LogP contribution in [-0.4, -0.2) is 59.4 Å². The maximum atomic E-state index is 12.8. The highest BCUT2D eigenvalue weighted by Crippen LogP contribution is 2.44. The van der Waals surface area contributed by atoms with Gasteiger partial charge in [-0.15, -0.1) is 0 Å². The normalized spacial score (nSPS) is 11.9. The summed E-state index contributed by atoms with van der Waals surface area (Å²) >= 11 is 0. The smallest absolute Gasteiger partial charge is 0.411 e. The molecule has 0 bridgehead atoms. The van der Waals surface area contributed by atoms with Gasteiger partial charge < -0.3 is 19.8 Å². The molecule has 0 atom stereocenters. The maximum Gasteiger partial charge on any atom is 0.411 e. The number of anilines is 1. The molecule has 0 unspecified atom stereocenters. The van der Waals surface area contributed by atoms with E-state index in [1.165, 1.54) is 6.07 Å². The third-order valence-electron chi connectivity index (χ3n) is 6.05. The summed E-state index contributed by atoms with van der Waals surface area (Å²) in [6.07, 6.45) is -0.655. The number of aliphatic carboxylic acids is 1. The molecule has 0 saturated heterocycles. The quantitative estimate of drug-likeness (QED) is 0.456. The van der Waals surface area contributed by atoms with E-state index in [-0.39, 0.29) is 31.2 Å². The van der Waals surface area contributed by atoms with Gasteiger partial charge in [-0.25, -0.2) is 4.79 Å². The molecule has 1 aliphatic rings. The van der Waals surface area contributed by atoms with Crippen LogP contribution in [0.2, 0.25) is 0 Å². The van der Waals surface area contributed by atoms with Crippen molar-refractivity contribution in [2.45, 2.75) is 12.8 Å². The maximum absolute atomic E-state index is 12.8. The van der Waals surface area contributed by atoms with E-state index in [0.29, 0.717) is 11.3 Å². The van der Waals surface area contributed by atoms with Gasteiger partial charge in [-0.3, -0.25) is 14.9 Å². The van der Waals surface area contributed by atoms with E-state index in [9.17, 15) is 19.5 Å². The van der Waals surface area contributed by atoms with Gasteiger partial charge in [0.2, 0.25) is 0 Å². The summed E-state index contributed by atoms with van der Waals surface area (Å²) in [5.74, 6) is -1.82. The Morgan fingerprint density at radius 2 is 1.60 bits per heavy atom. The zero-order valence-electron chi connectivity index (χ0n) is 19.2. The second-order valence-electron chi connectivity index (χ2n) is 8.32. The van der Waals surface area contributed by atoms with E-state index < -0.39 is 24.5 Å². The standard InChI is InChI=1S/C27H26N2O6/c1-17-10-11-18(26(33)29(12-13-30)15-25(31)32)14-24(17)28-27(34)35-16-23-21-8-4-2-6-19(21)20-7-3-5-9-22(20)23/h2-11,14,23,30H,12-13,15-16H2,1H3,(H,28,34)(H,31,32). The van der Waals surface area contributed by atoms with Gasteiger partial charge in [0.05, 0.1) is 6.61 Å². The summed E-state index contributed by atoms with van der Waals surface area (Å²) in [4.78, 5) is 37.5. The monoisotopic (exact) mass is 474 g/mol. The Hall–Kier alpha value is -4.17. The van der Waals surface area contributed by atoms with E-state index >= 15 is 0 Å². The van der Waals surface area contributed by atoms with Crippen LogP contribution in [0.1, 0.15) is 33.0 Å². The Labute approximate surface area is 202 Å². The zero-order valence-corrected chi connectivity index (χ0v) is 19.2. The number of carbonyl (C=O) groups excluding carboxylic acids is 2. The number of carboxylic acid groups (broad SMARTS) is 1. The minimum Gasteiger partial charge on any atom is -0.480 e. The molecule has 0 fully saturated rings. The van der Waals surface area contributed by atoms with Crippen LogP contribution in [0.3, 0.4) is 0 Å². The Morgan fingerprint density at radius 1 is 0.971 bits per heavy atom. The van der Waals surface area contributed by atoms with Crippen LogP contribution in [0.15, 0.2) is 66.7 Å². The Morgan fingerprint density at radius 3 is 2.20 bits per heavy atom. The van der Waals surface area contributed by atoms with Gasteiger partial charge in [-0.2, -0.15) is 0 Å². The molecule has 0 heterocycles. The van der Waals surface area contributed by atoms with Crippen LogP contribution >= 0.6 is 0 Å². The van der Waals surface area contributed by atoms with Crippen molar-refractivity contribution in [1.29, 1.82) is 0 Å². The number of hydrogen-bond donors (Lipinski definition) is 3. The fourth-order valence-corrected chi connectivity index (χ4v) is 4.35. The van der Waals surface area contributed by atoms with Crippen molar-refractivity contribution in [2.75, 3.05) is 31.6 Å². The number of aryl methyl sites for hydroxylation is 1. The van der Waals surface area contributed by atoms with E-state index in [0.717, 1.165) is 27.2 Å². The summed E-state index contributed by atoms with van der Waals surface area (Å²) in [6, 6.07) is 20.8. The van der Waals surface area contributed by atoms with Gasteiger partial charge in [0.1, 0.15) is 13.2 Å². The predicted octanol–water partition coefficient (Wildman–Crippen LogP) is 3.88. The summed E-state index contributed by atoms with van der Waals surface area (Å²) < 4.78 is 5.58. The van der Waals surface area contributed by atoms with Gasteiger partial charge in [0.25, 0.3) is 5.91 Å². The molecule has 0 aliphatic heterocycles. The van der Waals surface area contributed by atoms with E-state index in [4.69, 9.17) is 9.84 Å². The molecule has 3 N–H and O–H groups in total. The van der Waals surface area contributed by atoms with Gasteiger partial charge >= 0.3 is 12.1 Å². The first-order chi connectivity index (χ1) is 16.9. The van der Waals surface area contributed by atoms with Crippen LogP contribution in [0, 0.1) is 6.92 Å². The number of hydrogen-bond acceptors (Lipinski definition) is 5. The average Bonchev–Trinajstić information content (AvgIpc) is 3.17. The van der Waals surface area contributed by atoms with E-state index in [1.54, 1.807) is 19.1 Å². The summed E-state index contributed by atoms with van der Waals surface area (Å²) in [5, 5.41) is 20.9. The molecule has 1 aliphatic carbocycles. The fraction of sp³-hybridized carbons (Fsp3) is 0.222. The number of fused-ring (bicyclic) bond motifs is 3. The number of benzene rings is 3. The number of nitrogens with one attached hydrogen (secondary N) is 1. The van der Waals surface area contributed by atoms with Gasteiger partial charge in [-0.05, 0) is 46.9 Å². The van der Waals surface area contributed by atoms with Crippen molar-refractivity contribution < 1.29 is 29.3 Å². The molecule has 0 saturated carbocycles. The molecule has 35 heavy (non-hydrogen) atoms. The predicted molar refractivity (Wildman–Crippen MR) is 130 cm³/mol. The molecular weight excluding hydrogens is 448 g/mol. The first-order valence-corrected chi connectivity index (χ1v) is 11.2. The second kappa shape index (κ2) is 10.4. The fourth-order valence-electron chi connectivity index (χ4n) is 4.35. The lowest BCUT2D eigenvalue weighted by molar-refractivity contribution is -0.137. The molecule has 180 valence electrons. The minimum absolute atomic E-state index is 0.0785. The SMILES string of the molecule is Cc1ccc(C(=O)N(CCO)CC(=O)O)cc1NC(=O)OCC1c2ccccc2-c2ccccc21. The molecule has 0 radical (unpaired) electrons. The number of amides is 2.